The quantitative estimate of drug-likeness (QED) is 0.0385. The SMILES string of the molecule is CCCCn1cc[nH]c1=S.Cc1c(C(=O)NCCCCCCCCS)cc(C(=O)O)c(C(=O)O)c1C(=O)O.Cc1ccc(N)cc1. The second kappa shape index (κ2) is 21.6. The summed E-state index contributed by atoms with van der Waals surface area (Å²) >= 11 is 9.15. The number of amides is 1. The molecule has 1 heterocycles. The summed E-state index contributed by atoms with van der Waals surface area (Å²) in [5.74, 6) is -4.66. The zero-order valence-corrected chi connectivity index (χ0v) is 28.4. The summed E-state index contributed by atoms with van der Waals surface area (Å²) in [7, 11) is 0. The number of hydrogen-bond donors (Lipinski definition) is 7. The van der Waals surface area contributed by atoms with E-state index >= 15 is 0 Å². The van der Waals surface area contributed by atoms with Crippen molar-refractivity contribution in [1.29, 1.82) is 0 Å². The summed E-state index contributed by atoms with van der Waals surface area (Å²) in [4.78, 5) is 49.7. The Morgan fingerprint density at radius 3 is 1.93 bits per heavy atom. The van der Waals surface area contributed by atoms with E-state index in [9.17, 15) is 34.5 Å². The summed E-state index contributed by atoms with van der Waals surface area (Å²) in [5.41, 5.74) is 5.00. The van der Waals surface area contributed by atoms with Gasteiger partial charge in [-0.1, -0.05) is 56.7 Å². The molecule has 0 aliphatic rings. The number of nitrogens with two attached hydrogens (primary N) is 1. The highest BCUT2D eigenvalue weighted by molar-refractivity contribution is 7.80. The van der Waals surface area contributed by atoms with E-state index in [1.165, 1.54) is 25.3 Å². The number of aromatic amines is 1. The van der Waals surface area contributed by atoms with E-state index in [2.05, 4.69) is 34.4 Å². The molecule has 0 aliphatic heterocycles. The lowest BCUT2D eigenvalue weighted by molar-refractivity contribution is 0.0632. The molecule has 13 heteroatoms. The number of anilines is 1. The van der Waals surface area contributed by atoms with Gasteiger partial charge in [-0.15, -0.1) is 0 Å². The van der Waals surface area contributed by atoms with Crippen LogP contribution < -0.4 is 11.1 Å². The first-order valence-electron chi connectivity index (χ1n) is 15.2. The van der Waals surface area contributed by atoms with Crippen LogP contribution in [0.25, 0.3) is 0 Å². The molecule has 2 aromatic carbocycles. The van der Waals surface area contributed by atoms with Gasteiger partial charge < -0.3 is 35.9 Å². The zero-order chi connectivity index (χ0) is 34.6. The molecular formula is C33H46N4O7S2. The largest absolute Gasteiger partial charge is 0.478 e. The number of unbranched alkanes of at least 4 members (excludes halogenated alkanes) is 6. The van der Waals surface area contributed by atoms with Gasteiger partial charge in [-0.05, 0) is 74.8 Å². The predicted molar refractivity (Wildman–Crippen MR) is 186 cm³/mol. The highest BCUT2D eigenvalue weighted by Gasteiger charge is 2.29. The maximum Gasteiger partial charge on any atom is 0.337 e. The number of H-pyrrole nitrogens is 1. The highest BCUT2D eigenvalue weighted by atomic mass is 32.1. The van der Waals surface area contributed by atoms with Crippen LogP contribution in [-0.2, 0) is 6.54 Å². The maximum atomic E-state index is 12.4. The Morgan fingerprint density at radius 2 is 1.46 bits per heavy atom. The fourth-order valence-electron chi connectivity index (χ4n) is 4.34. The average molecular weight is 675 g/mol. The normalized spacial score (nSPS) is 10.2. The lowest BCUT2D eigenvalue weighted by Gasteiger charge is -2.14. The molecule has 3 rings (SSSR count). The van der Waals surface area contributed by atoms with Crippen LogP contribution in [0.5, 0.6) is 0 Å². The van der Waals surface area contributed by atoms with Gasteiger partial charge in [-0.25, -0.2) is 14.4 Å². The van der Waals surface area contributed by atoms with Gasteiger partial charge in [-0.3, -0.25) is 4.79 Å². The van der Waals surface area contributed by atoms with Gasteiger partial charge in [0.2, 0.25) is 0 Å². The van der Waals surface area contributed by atoms with E-state index < -0.39 is 40.5 Å². The van der Waals surface area contributed by atoms with E-state index in [-0.39, 0.29) is 11.1 Å². The van der Waals surface area contributed by atoms with E-state index in [1.807, 2.05) is 43.6 Å². The maximum absolute atomic E-state index is 12.4. The Balaban J connectivity index is 0.000000470. The van der Waals surface area contributed by atoms with Crippen LogP contribution >= 0.6 is 24.8 Å². The molecule has 0 fully saturated rings. The van der Waals surface area contributed by atoms with E-state index in [4.69, 9.17) is 18.0 Å². The molecule has 1 amide bonds. The van der Waals surface area contributed by atoms with Crippen LogP contribution in [0.3, 0.4) is 0 Å². The number of aromatic carboxylic acids is 3. The first kappa shape index (κ1) is 39.9. The molecular weight excluding hydrogens is 629 g/mol. The fraction of sp³-hybridized carbons (Fsp3) is 0.424. The number of hydrogen-bond acceptors (Lipinski definition) is 7. The number of benzene rings is 2. The van der Waals surface area contributed by atoms with E-state index in [1.54, 1.807) is 0 Å². The topological polar surface area (TPSA) is 188 Å². The number of aryl methyl sites for hydroxylation is 2. The standard InChI is InChI=1S/C19H25NO7S.C7H12N2S.C7H9N/c1-11-12(16(21)20-8-6-4-2-3-5-7-9-28)10-13(17(22)23)15(19(26)27)14(11)18(24)25;1-2-3-5-9-6-4-8-7(9)10;1-6-2-4-7(8)5-3-6/h10,28H,2-9H2,1H3,(H,20,21)(H,22,23)(H,24,25)(H,26,27);4,6H,2-3,5H2,1H3,(H,8,10);2-5H,8H2,1H3. The van der Waals surface area contributed by atoms with Crippen molar-refractivity contribution in [2.45, 2.75) is 78.7 Å². The molecule has 1 aromatic heterocycles. The number of nitrogens with one attached hydrogen (secondary N) is 2. The Hall–Kier alpha value is -4.10. The third-order valence-corrected chi connectivity index (χ3v) is 7.58. The first-order valence-corrected chi connectivity index (χ1v) is 16.2. The molecule has 3 aromatic rings. The molecule has 0 saturated heterocycles. The molecule has 0 spiro atoms. The van der Waals surface area contributed by atoms with Crippen LogP contribution in [0.1, 0.15) is 111 Å². The molecule has 7 N–H and O–H groups in total. The summed E-state index contributed by atoms with van der Waals surface area (Å²) < 4.78 is 2.88. The fourth-order valence-corrected chi connectivity index (χ4v) is 4.78. The van der Waals surface area contributed by atoms with Crippen molar-refractivity contribution >= 4 is 54.3 Å². The summed E-state index contributed by atoms with van der Waals surface area (Å²) in [6.07, 6.45) is 12.2. The number of carboxylic acid groups (broad SMARTS) is 3. The third kappa shape index (κ3) is 13.9. The zero-order valence-electron chi connectivity index (χ0n) is 26.7. The number of nitrogen functional groups attached to an aromatic ring is 1. The second-order valence-corrected chi connectivity index (χ2v) is 11.4. The van der Waals surface area contributed by atoms with E-state index in [0.29, 0.717) is 6.54 Å². The van der Waals surface area contributed by atoms with Crippen molar-refractivity contribution in [2.75, 3.05) is 18.0 Å². The molecule has 252 valence electrons. The van der Waals surface area contributed by atoms with Crippen LogP contribution in [0.4, 0.5) is 5.69 Å². The van der Waals surface area contributed by atoms with Crippen molar-refractivity contribution in [1.82, 2.24) is 14.9 Å². The summed E-state index contributed by atoms with van der Waals surface area (Å²) in [6, 6.07) is 8.70. The molecule has 0 radical (unpaired) electrons. The molecule has 11 nitrogen and oxygen atoms in total. The lowest BCUT2D eigenvalue weighted by atomic mass is 9.91. The smallest absolute Gasteiger partial charge is 0.337 e. The molecule has 0 atom stereocenters. The first-order chi connectivity index (χ1) is 21.8. The van der Waals surface area contributed by atoms with Crippen LogP contribution in [-0.4, -0.2) is 61.0 Å². The highest BCUT2D eigenvalue weighted by Crippen LogP contribution is 2.24. The van der Waals surface area contributed by atoms with E-state index in [0.717, 1.165) is 67.3 Å². The van der Waals surface area contributed by atoms with Gasteiger partial charge in [0.15, 0.2) is 4.77 Å². The van der Waals surface area contributed by atoms with Crippen molar-refractivity contribution in [3.63, 3.8) is 0 Å². The molecule has 0 unspecified atom stereocenters. The number of thiol groups is 1. The lowest BCUT2D eigenvalue weighted by Crippen LogP contribution is -2.27. The Kier molecular flexibility index (Phi) is 18.7. The minimum Gasteiger partial charge on any atom is -0.478 e. The number of aromatic nitrogens is 2. The Labute approximate surface area is 280 Å². The van der Waals surface area contributed by atoms with Crippen LogP contribution in [0.2, 0.25) is 0 Å². The number of nitrogens with zero attached hydrogens (tertiary/aromatic N) is 1. The third-order valence-electron chi connectivity index (χ3n) is 6.91. The molecule has 0 saturated carbocycles. The van der Waals surface area contributed by atoms with Gasteiger partial charge in [-0.2, -0.15) is 12.6 Å². The number of carboxylic acids is 3. The minimum atomic E-state index is -1.68. The van der Waals surface area contributed by atoms with Crippen molar-refractivity contribution in [3.8, 4) is 0 Å². The Bertz CT molecular complexity index is 1460. The Morgan fingerprint density at radius 1 is 0.870 bits per heavy atom. The van der Waals surface area contributed by atoms with Gasteiger partial charge in [0, 0.05) is 36.7 Å². The van der Waals surface area contributed by atoms with Crippen molar-refractivity contribution in [3.05, 3.63) is 80.9 Å². The number of carbonyl (C=O) groups is 4. The van der Waals surface area contributed by atoms with Gasteiger partial charge in [0.1, 0.15) is 0 Å². The molecule has 46 heavy (non-hydrogen) atoms. The van der Waals surface area contributed by atoms with Gasteiger partial charge >= 0.3 is 17.9 Å². The monoisotopic (exact) mass is 674 g/mol. The summed E-state index contributed by atoms with van der Waals surface area (Å²) in [6.45, 7) is 6.91. The van der Waals surface area contributed by atoms with Crippen molar-refractivity contribution in [2.24, 2.45) is 0 Å². The number of imidazole rings is 1. The van der Waals surface area contributed by atoms with Gasteiger partial charge in [0.25, 0.3) is 5.91 Å². The van der Waals surface area contributed by atoms with Gasteiger partial charge in [0.05, 0.1) is 16.7 Å². The van der Waals surface area contributed by atoms with Crippen LogP contribution in [0, 0.1) is 18.6 Å². The number of rotatable bonds is 15. The average Bonchev–Trinajstić information content (AvgIpc) is 3.42. The molecule has 0 bridgehead atoms. The second-order valence-electron chi connectivity index (χ2n) is 10.6. The minimum absolute atomic E-state index is 0.0841. The van der Waals surface area contributed by atoms with Crippen LogP contribution in [0.15, 0.2) is 42.7 Å². The van der Waals surface area contributed by atoms with Crippen molar-refractivity contribution < 1.29 is 34.5 Å². The molecule has 0 aliphatic carbocycles. The number of carbonyl (C=O) groups excluding carboxylic acids is 1. The predicted octanol–water partition coefficient (Wildman–Crippen LogP) is 7.01. The summed E-state index contributed by atoms with van der Waals surface area (Å²) in [5, 5.41) is 30.5.